The number of ether oxygens (including phenoxy) is 1. The van der Waals surface area contributed by atoms with E-state index in [0.29, 0.717) is 0 Å². The molecule has 0 aliphatic heterocycles. The molecule has 0 heterocycles. The fourth-order valence-corrected chi connectivity index (χ4v) is 1.37. The highest BCUT2D eigenvalue weighted by atomic mass is 16.5. The first kappa shape index (κ1) is 13.0. The molecular weight excluding hydrogens is 224 g/mol. The molecule has 0 aromatic heterocycles. The molecule has 0 fully saturated rings. The summed E-state index contributed by atoms with van der Waals surface area (Å²) < 4.78 is 4.51. The zero-order chi connectivity index (χ0) is 13.0. The van der Waals surface area contributed by atoms with Crippen molar-refractivity contribution in [2.75, 3.05) is 12.8 Å². The van der Waals surface area contributed by atoms with Gasteiger partial charge >= 0.3 is 5.97 Å². The van der Waals surface area contributed by atoms with Gasteiger partial charge in [0.1, 0.15) is 6.10 Å². The number of para-hydroxylation sites is 1. The van der Waals surface area contributed by atoms with Gasteiger partial charge in [-0.05, 0) is 6.07 Å². The Balaban J connectivity index is 3.20. The Morgan fingerprint density at radius 3 is 2.71 bits per heavy atom. The van der Waals surface area contributed by atoms with Crippen LogP contribution in [0.3, 0.4) is 0 Å². The van der Waals surface area contributed by atoms with Crippen LogP contribution in [0.15, 0.2) is 18.2 Å². The van der Waals surface area contributed by atoms with Crippen LogP contribution in [-0.2, 0) is 4.74 Å². The van der Waals surface area contributed by atoms with Gasteiger partial charge in [-0.2, -0.15) is 5.26 Å². The zero-order valence-corrected chi connectivity index (χ0v) is 9.12. The van der Waals surface area contributed by atoms with Gasteiger partial charge in [0.25, 0.3) is 0 Å². The Labute approximate surface area is 97.9 Å². The molecule has 6 heteroatoms. The summed E-state index contributed by atoms with van der Waals surface area (Å²) >= 11 is 0. The van der Waals surface area contributed by atoms with Crippen LogP contribution in [0.4, 0.5) is 5.69 Å². The summed E-state index contributed by atoms with van der Waals surface area (Å²) in [5.74, 6) is -0.650. The van der Waals surface area contributed by atoms with E-state index in [1.165, 1.54) is 31.4 Å². The zero-order valence-electron chi connectivity index (χ0n) is 9.12. The lowest BCUT2D eigenvalue weighted by atomic mass is 10.00. The molecule has 1 aromatic rings. The van der Waals surface area contributed by atoms with Gasteiger partial charge in [-0.1, -0.05) is 12.1 Å². The number of anilines is 1. The van der Waals surface area contributed by atoms with Gasteiger partial charge in [0, 0.05) is 5.56 Å². The first-order valence-corrected chi connectivity index (χ1v) is 4.75. The van der Waals surface area contributed by atoms with E-state index in [0.717, 1.165) is 0 Å². The summed E-state index contributed by atoms with van der Waals surface area (Å²) in [5.41, 5.74) is 5.85. The van der Waals surface area contributed by atoms with Gasteiger partial charge in [-0.25, -0.2) is 4.79 Å². The maximum atomic E-state index is 11.3. The molecule has 1 rings (SSSR count). The van der Waals surface area contributed by atoms with Crippen LogP contribution in [-0.4, -0.2) is 29.4 Å². The van der Waals surface area contributed by atoms with Crippen molar-refractivity contribution in [1.82, 2.24) is 0 Å². The number of hydrogen-bond acceptors (Lipinski definition) is 6. The van der Waals surface area contributed by atoms with E-state index in [9.17, 15) is 15.0 Å². The van der Waals surface area contributed by atoms with Crippen molar-refractivity contribution in [3.05, 3.63) is 29.3 Å². The highest BCUT2D eigenvalue weighted by Crippen LogP contribution is 2.26. The lowest BCUT2D eigenvalue weighted by molar-refractivity contribution is 0.0528. The van der Waals surface area contributed by atoms with E-state index in [-0.39, 0.29) is 16.8 Å². The SMILES string of the molecule is COC(=O)c1cccc(C(O)C(O)C#N)c1N. The number of aliphatic hydroxyl groups is 2. The van der Waals surface area contributed by atoms with Crippen LogP contribution in [0.1, 0.15) is 22.0 Å². The lowest BCUT2D eigenvalue weighted by Crippen LogP contribution is -2.18. The van der Waals surface area contributed by atoms with Gasteiger partial charge in [-0.15, -0.1) is 0 Å². The van der Waals surface area contributed by atoms with Crippen molar-refractivity contribution in [3.63, 3.8) is 0 Å². The first-order chi connectivity index (χ1) is 8.02. The minimum atomic E-state index is -1.61. The van der Waals surface area contributed by atoms with Crippen molar-refractivity contribution in [1.29, 1.82) is 5.26 Å². The normalized spacial score (nSPS) is 13.5. The number of aliphatic hydroxyl groups excluding tert-OH is 2. The minimum absolute atomic E-state index is 0.0128. The number of hydrogen-bond donors (Lipinski definition) is 3. The Kier molecular flexibility index (Phi) is 4.04. The molecule has 6 nitrogen and oxygen atoms in total. The molecule has 0 amide bonds. The predicted octanol–water partition coefficient (Wildman–Crippen LogP) is -0.0267. The van der Waals surface area contributed by atoms with E-state index < -0.39 is 18.2 Å². The van der Waals surface area contributed by atoms with Gasteiger partial charge in [-0.3, -0.25) is 0 Å². The molecule has 0 saturated carbocycles. The number of carbonyl (C=O) groups is 1. The van der Waals surface area contributed by atoms with Crippen molar-refractivity contribution in [2.45, 2.75) is 12.2 Å². The summed E-state index contributed by atoms with van der Waals surface area (Å²) in [5, 5.41) is 27.3. The van der Waals surface area contributed by atoms with E-state index in [4.69, 9.17) is 11.0 Å². The van der Waals surface area contributed by atoms with Crippen LogP contribution in [0.2, 0.25) is 0 Å². The minimum Gasteiger partial charge on any atom is -0.465 e. The van der Waals surface area contributed by atoms with Crippen molar-refractivity contribution >= 4 is 11.7 Å². The third kappa shape index (κ3) is 2.53. The van der Waals surface area contributed by atoms with Gasteiger partial charge < -0.3 is 20.7 Å². The lowest BCUT2D eigenvalue weighted by Gasteiger charge is -2.15. The molecule has 0 radical (unpaired) electrons. The summed E-state index contributed by atoms with van der Waals surface area (Å²) in [6.45, 7) is 0. The van der Waals surface area contributed by atoms with Gasteiger partial charge in [0.15, 0.2) is 6.10 Å². The smallest absolute Gasteiger partial charge is 0.339 e. The second-order valence-electron chi connectivity index (χ2n) is 3.32. The number of carbonyl (C=O) groups excluding carboxylic acids is 1. The third-order valence-electron chi connectivity index (χ3n) is 2.30. The monoisotopic (exact) mass is 236 g/mol. The molecule has 90 valence electrons. The molecule has 0 spiro atoms. The molecule has 0 bridgehead atoms. The first-order valence-electron chi connectivity index (χ1n) is 4.75. The van der Waals surface area contributed by atoms with Gasteiger partial charge in [0.05, 0.1) is 24.4 Å². The van der Waals surface area contributed by atoms with E-state index in [1.54, 1.807) is 0 Å². The highest BCUT2D eigenvalue weighted by Gasteiger charge is 2.22. The Bertz CT molecular complexity index is 467. The molecule has 1 aromatic carbocycles. The van der Waals surface area contributed by atoms with Gasteiger partial charge in [0.2, 0.25) is 0 Å². The van der Waals surface area contributed by atoms with Crippen molar-refractivity contribution in [3.8, 4) is 6.07 Å². The maximum Gasteiger partial charge on any atom is 0.339 e. The standard InChI is InChI=1S/C11H12N2O4/c1-17-11(16)7-4-2-3-6(9(7)13)10(15)8(14)5-12/h2-4,8,10,14-15H,13H2,1H3. The molecular formula is C11H12N2O4. The summed E-state index contributed by atoms with van der Waals surface area (Å²) in [6, 6.07) is 5.81. The van der Waals surface area contributed by atoms with Crippen LogP contribution < -0.4 is 5.73 Å². The Hall–Kier alpha value is -2.10. The number of nitrogens with two attached hydrogens (primary N) is 1. The Morgan fingerprint density at radius 1 is 1.53 bits per heavy atom. The Morgan fingerprint density at radius 2 is 2.18 bits per heavy atom. The van der Waals surface area contributed by atoms with E-state index in [1.807, 2.05) is 0 Å². The highest BCUT2D eigenvalue weighted by molar-refractivity contribution is 5.95. The number of methoxy groups -OCH3 is 1. The molecule has 0 aliphatic carbocycles. The quantitative estimate of drug-likeness (QED) is 0.385. The number of benzene rings is 1. The predicted molar refractivity (Wildman–Crippen MR) is 58.8 cm³/mol. The second-order valence-corrected chi connectivity index (χ2v) is 3.32. The third-order valence-corrected chi connectivity index (χ3v) is 2.30. The summed E-state index contributed by atoms with van der Waals surface area (Å²) in [4.78, 5) is 11.3. The largest absolute Gasteiger partial charge is 0.465 e. The molecule has 0 saturated heterocycles. The van der Waals surface area contributed by atoms with Crippen LogP contribution in [0, 0.1) is 11.3 Å². The van der Waals surface area contributed by atoms with Crippen LogP contribution >= 0.6 is 0 Å². The molecule has 2 atom stereocenters. The fourth-order valence-electron chi connectivity index (χ4n) is 1.37. The summed E-state index contributed by atoms with van der Waals surface area (Å²) in [7, 11) is 1.20. The van der Waals surface area contributed by atoms with E-state index >= 15 is 0 Å². The average Bonchev–Trinajstić information content (AvgIpc) is 2.36. The average molecular weight is 236 g/mol. The number of rotatable bonds is 3. The maximum absolute atomic E-state index is 11.3. The molecule has 2 unspecified atom stereocenters. The number of esters is 1. The molecule has 17 heavy (non-hydrogen) atoms. The number of nitriles is 1. The van der Waals surface area contributed by atoms with Crippen LogP contribution in [0.25, 0.3) is 0 Å². The van der Waals surface area contributed by atoms with Crippen molar-refractivity contribution in [2.24, 2.45) is 0 Å². The summed E-state index contributed by atoms with van der Waals surface area (Å²) in [6.07, 6.45) is -3.07. The molecule has 4 N–H and O–H groups in total. The van der Waals surface area contributed by atoms with E-state index in [2.05, 4.69) is 4.74 Å². The molecule has 0 aliphatic rings. The van der Waals surface area contributed by atoms with Crippen LogP contribution in [0.5, 0.6) is 0 Å². The number of nitrogen functional groups attached to an aromatic ring is 1. The second kappa shape index (κ2) is 5.30. The topological polar surface area (TPSA) is 117 Å². The fraction of sp³-hybridized carbons (Fsp3) is 0.273. The number of nitrogens with zero attached hydrogens (tertiary/aromatic N) is 1. The van der Waals surface area contributed by atoms with Crippen molar-refractivity contribution < 1.29 is 19.7 Å².